The summed E-state index contributed by atoms with van der Waals surface area (Å²) in [6, 6.07) is 0. The normalized spacial score (nSPS) is 13.9. The summed E-state index contributed by atoms with van der Waals surface area (Å²) in [5, 5.41) is 17.1. The van der Waals surface area contributed by atoms with Crippen molar-refractivity contribution < 1.29 is 23.4 Å². The molecule has 84 valence electrons. The number of sulfonamides is 1. The average molecular weight is 225 g/mol. The number of unbranched alkanes of at least 4 members (excludes halogenated alkanes) is 1. The number of carboxylic acids is 1. The van der Waals surface area contributed by atoms with Crippen LogP contribution in [-0.4, -0.2) is 43.0 Å². The van der Waals surface area contributed by atoms with Crippen LogP contribution in [0.15, 0.2) is 0 Å². The molecule has 0 rings (SSSR count). The zero-order chi connectivity index (χ0) is 11.2. The van der Waals surface area contributed by atoms with Gasteiger partial charge in [-0.3, -0.25) is 0 Å². The van der Waals surface area contributed by atoms with Crippen LogP contribution in [0.1, 0.15) is 19.8 Å². The van der Waals surface area contributed by atoms with Crippen LogP contribution in [-0.2, 0) is 14.8 Å². The molecule has 0 heterocycles. The van der Waals surface area contributed by atoms with Crippen LogP contribution in [0.25, 0.3) is 0 Å². The second kappa shape index (κ2) is 5.94. The lowest BCUT2D eigenvalue weighted by atomic mass is 10.4. The van der Waals surface area contributed by atoms with Crippen molar-refractivity contribution in [2.45, 2.75) is 25.9 Å². The zero-order valence-corrected chi connectivity index (χ0v) is 8.75. The van der Waals surface area contributed by atoms with Gasteiger partial charge in [0.2, 0.25) is 10.0 Å². The van der Waals surface area contributed by atoms with Gasteiger partial charge in [-0.05, 0) is 6.42 Å². The van der Waals surface area contributed by atoms with Gasteiger partial charge < -0.3 is 10.2 Å². The molecule has 0 aliphatic heterocycles. The van der Waals surface area contributed by atoms with Crippen molar-refractivity contribution in [2.24, 2.45) is 0 Å². The van der Waals surface area contributed by atoms with E-state index in [2.05, 4.69) is 0 Å². The van der Waals surface area contributed by atoms with Crippen molar-refractivity contribution in [1.29, 1.82) is 0 Å². The van der Waals surface area contributed by atoms with E-state index in [1.807, 2.05) is 11.6 Å². The Morgan fingerprint density at radius 1 is 1.50 bits per heavy atom. The first-order valence-corrected chi connectivity index (χ1v) is 5.92. The molecular weight excluding hydrogens is 210 g/mol. The number of carboxylic acid groups (broad SMARTS) is 1. The molecule has 1 atom stereocenters. The number of hydrogen-bond donors (Lipinski definition) is 3. The van der Waals surface area contributed by atoms with E-state index < -0.39 is 28.6 Å². The lowest BCUT2D eigenvalue weighted by Gasteiger charge is -2.07. The Balaban J connectivity index is 3.93. The Morgan fingerprint density at radius 2 is 2.07 bits per heavy atom. The second-order valence-corrected chi connectivity index (χ2v) is 4.80. The highest BCUT2D eigenvalue weighted by Crippen LogP contribution is 1.93. The van der Waals surface area contributed by atoms with Crippen LogP contribution in [0, 0.1) is 0 Å². The van der Waals surface area contributed by atoms with Crippen molar-refractivity contribution in [3.05, 3.63) is 0 Å². The molecule has 0 saturated heterocycles. The Morgan fingerprint density at radius 3 is 2.50 bits per heavy atom. The van der Waals surface area contributed by atoms with E-state index in [0.29, 0.717) is 6.42 Å². The molecule has 0 saturated carbocycles. The molecule has 0 aromatic carbocycles. The molecule has 0 amide bonds. The third-order valence-corrected chi connectivity index (χ3v) is 2.98. The monoisotopic (exact) mass is 225 g/mol. The van der Waals surface area contributed by atoms with Crippen LogP contribution in [0.2, 0.25) is 0 Å². The molecule has 1 unspecified atom stereocenters. The molecule has 0 aliphatic carbocycles. The van der Waals surface area contributed by atoms with Crippen molar-refractivity contribution in [3.63, 3.8) is 0 Å². The van der Waals surface area contributed by atoms with Crippen molar-refractivity contribution in [1.82, 2.24) is 4.72 Å². The maximum Gasteiger partial charge on any atom is 0.333 e. The van der Waals surface area contributed by atoms with Crippen molar-refractivity contribution in [2.75, 3.05) is 12.3 Å². The fourth-order valence-corrected chi connectivity index (χ4v) is 1.92. The Bertz CT molecular complexity index is 274. The van der Waals surface area contributed by atoms with Gasteiger partial charge in [-0.2, -0.15) is 0 Å². The minimum absolute atomic E-state index is 0.0458. The third-order valence-electron chi connectivity index (χ3n) is 1.55. The molecule has 0 aromatic heterocycles. The van der Waals surface area contributed by atoms with Gasteiger partial charge in [-0.25, -0.2) is 17.9 Å². The van der Waals surface area contributed by atoms with Crippen molar-refractivity contribution >= 4 is 16.0 Å². The molecule has 0 fully saturated rings. The lowest BCUT2D eigenvalue weighted by molar-refractivity contribution is -0.146. The molecule has 7 heteroatoms. The molecule has 0 radical (unpaired) electrons. The molecule has 0 aliphatic rings. The van der Waals surface area contributed by atoms with E-state index in [9.17, 15) is 13.2 Å². The van der Waals surface area contributed by atoms with Gasteiger partial charge >= 0.3 is 5.97 Å². The summed E-state index contributed by atoms with van der Waals surface area (Å²) in [6.07, 6.45) is -0.438. The standard InChI is InChI=1S/C7H15NO5S/c1-2-3-4-14(12,13)8-5-6(9)7(10)11/h6,8-9H,2-5H2,1H3,(H,10,11). The largest absolute Gasteiger partial charge is 0.479 e. The SMILES string of the molecule is CCCCS(=O)(=O)NCC(O)C(=O)O. The summed E-state index contributed by atoms with van der Waals surface area (Å²) in [7, 11) is -3.45. The molecule has 14 heavy (non-hydrogen) atoms. The molecule has 0 aromatic rings. The Labute approximate surface area is 83.0 Å². The second-order valence-electron chi connectivity index (χ2n) is 2.87. The maximum atomic E-state index is 11.1. The smallest absolute Gasteiger partial charge is 0.333 e. The quantitative estimate of drug-likeness (QED) is 0.523. The summed E-state index contributed by atoms with van der Waals surface area (Å²) in [5.74, 6) is -1.49. The maximum absolute atomic E-state index is 11.1. The highest BCUT2D eigenvalue weighted by atomic mass is 32.2. The first-order valence-electron chi connectivity index (χ1n) is 4.27. The number of rotatable bonds is 7. The van der Waals surface area contributed by atoms with E-state index in [4.69, 9.17) is 10.2 Å². The first kappa shape index (κ1) is 13.3. The van der Waals surface area contributed by atoms with Crippen LogP contribution in [0.5, 0.6) is 0 Å². The van der Waals surface area contributed by atoms with Gasteiger partial charge in [-0.1, -0.05) is 13.3 Å². The summed E-state index contributed by atoms with van der Waals surface area (Å²) in [4.78, 5) is 10.1. The van der Waals surface area contributed by atoms with Gasteiger partial charge in [0.1, 0.15) is 0 Å². The highest BCUT2D eigenvalue weighted by Gasteiger charge is 2.16. The summed E-state index contributed by atoms with van der Waals surface area (Å²) < 4.78 is 24.2. The van der Waals surface area contributed by atoms with Gasteiger partial charge in [0.05, 0.1) is 5.75 Å². The fraction of sp³-hybridized carbons (Fsp3) is 0.857. The van der Waals surface area contributed by atoms with E-state index >= 15 is 0 Å². The zero-order valence-electron chi connectivity index (χ0n) is 7.93. The third kappa shape index (κ3) is 5.90. The lowest BCUT2D eigenvalue weighted by Crippen LogP contribution is -2.37. The van der Waals surface area contributed by atoms with E-state index in [1.165, 1.54) is 0 Å². The number of aliphatic hydroxyl groups is 1. The summed E-state index contributed by atoms with van der Waals surface area (Å²) in [6.45, 7) is 1.36. The molecule has 3 N–H and O–H groups in total. The Hall–Kier alpha value is -0.660. The number of aliphatic carboxylic acids is 1. The van der Waals surface area contributed by atoms with Crippen LogP contribution in [0.4, 0.5) is 0 Å². The van der Waals surface area contributed by atoms with Gasteiger partial charge in [0, 0.05) is 6.54 Å². The average Bonchev–Trinajstić information content (AvgIpc) is 2.11. The summed E-state index contributed by atoms with van der Waals surface area (Å²) in [5.41, 5.74) is 0. The minimum atomic E-state index is -3.45. The van der Waals surface area contributed by atoms with E-state index in [-0.39, 0.29) is 5.75 Å². The van der Waals surface area contributed by atoms with Gasteiger partial charge in [-0.15, -0.1) is 0 Å². The number of carbonyl (C=O) groups is 1. The topological polar surface area (TPSA) is 104 Å². The predicted molar refractivity (Wildman–Crippen MR) is 50.3 cm³/mol. The van der Waals surface area contributed by atoms with Crippen molar-refractivity contribution in [3.8, 4) is 0 Å². The first-order chi connectivity index (χ1) is 6.39. The molecule has 0 spiro atoms. The van der Waals surface area contributed by atoms with E-state index in [0.717, 1.165) is 6.42 Å². The highest BCUT2D eigenvalue weighted by molar-refractivity contribution is 7.89. The number of nitrogens with one attached hydrogen (secondary N) is 1. The predicted octanol–water partition coefficient (Wildman–Crippen LogP) is -0.849. The molecule has 6 nitrogen and oxygen atoms in total. The summed E-state index contributed by atoms with van der Waals surface area (Å²) >= 11 is 0. The van der Waals surface area contributed by atoms with Crippen LogP contribution in [0.3, 0.4) is 0 Å². The van der Waals surface area contributed by atoms with Crippen LogP contribution < -0.4 is 4.72 Å². The molecular formula is C7H15NO5S. The van der Waals surface area contributed by atoms with Gasteiger partial charge in [0.25, 0.3) is 0 Å². The minimum Gasteiger partial charge on any atom is -0.479 e. The molecule has 0 bridgehead atoms. The number of aliphatic hydroxyl groups excluding tert-OH is 1. The number of hydrogen-bond acceptors (Lipinski definition) is 4. The van der Waals surface area contributed by atoms with Gasteiger partial charge in [0.15, 0.2) is 6.10 Å². The van der Waals surface area contributed by atoms with E-state index in [1.54, 1.807) is 0 Å². The fourth-order valence-electron chi connectivity index (χ4n) is 0.700. The Kier molecular flexibility index (Phi) is 5.66. The van der Waals surface area contributed by atoms with Crippen LogP contribution >= 0.6 is 0 Å².